The van der Waals surface area contributed by atoms with Crippen molar-refractivity contribution < 1.29 is 8.42 Å². The van der Waals surface area contributed by atoms with Crippen LogP contribution in [0.2, 0.25) is 0 Å². The third kappa shape index (κ3) is 4.07. The van der Waals surface area contributed by atoms with E-state index in [1.165, 1.54) is 6.20 Å². The van der Waals surface area contributed by atoms with Gasteiger partial charge in [0.25, 0.3) is 5.56 Å². The molecular weight excluding hydrogens is 288 g/mol. The molecule has 0 saturated heterocycles. The van der Waals surface area contributed by atoms with Crippen molar-refractivity contribution in [1.29, 1.82) is 0 Å². The Bertz CT molecular complexity index is 802. The fraction of sp³-hybridized carbons (Fsp3) is 0.400. The van der Waals surface area contributed by atoms with Gasteiger partial charge in [-0.25, -0.2) is 8.42 Å². The first-order valence-electron chi connectivity index (χ1n) is 6.79. The summed E-state index contributed by atoms with van der Waals surface area (Å²) in [5, 5.41) is 1.06. The lowest BCUT2D eigenvalue weighted by Crippen LogP contribution is -2.21. The quantitative estimate of drug-likeness (QED) is 0.911. The van der Waals surface area contributed by atoms with Crippen LogP contribution in [0, 0.1) is 5.41 Å². The van der Waals surface area contributed by atoms with E-state index in [1.807, 2.05) is 20.8 Å². The molecule has 0 amide bonds. The Morgan fingerprint density at radius 2 is 1.86 bits per heavy atom. The first-order valence-corrected chi connectivity index (χ1v) is 8.44. The van der Waals surface area contributed by atoms with E-state index in [9.17, 15) is 13.2 Å². The van der Waals surface area contributed by atoms with E-state index in [4.69, 9.17) is 0 Å². The van der Waals surface area contributed by atoms with Gasteiger partial charge in [-0.15, -0.1) is 0 Å². The highest BCUT2D eigenvalue weighted by Crippen LogP contribution is 2.23. The molecule has 0 unspecified atom stereocenters. The number of fused-ring (bicyclic) bond motifs is 1. The minimum Gasteiger partial charge on any atom is -0.329 e. The molecule has 0 spiro atoms. The molecule has 114 valence electrons. The molecule has 5 nitrogen and oxygen atoms in total. The van der Waals surface area contributed by atoms with Crippen molar-refractivity contribution in [2.45, 2.75) is 27.2 Å². The maximum absolute atomic E-state index is 12.2. The van der Waals surface area contributed by atoms with E-state index in [2.05, 4.69) is 9.71 Å². The van der Waals surface area contributed by atoms with Gasteiger partial charge in [-0.3, -0.25) is 9.52 Å². The van der Waals surface area contributed by atoms with Crippen LogP contribution in [0.3, 0.4) is 0 Å². The lowest BCUT2D eigenvalue weighted by molar-refractivity contribution is 0.397. The SMILES string of the molecule is CC(C)(C)CCS(=O)(=O)Nc1cccc2c(=O)[nH]ccc12. The van der Waals surface area contributed by atoms with Gasteiger partial charge < -0.3 is 4.98 Å². The predicted octanol–water partition coefficient (Wildman–Crippen LogP) is 2.71. The van der Waals surface area contributed by atoms with Crippen LogP contribution in [0.5, 0.6) is 0 Å². The van der Waals surface area contributed by atoms with Gasteiger partial charge in [-0.2, -0.15) is 0 Å². The number of nitrogens with one attached hydrogen (secondary N) is 2. The highest BCUT2D eigenvalue weighted by Gasteiger charge is 2.18. The van der Waals surface area contributed by atoms with Gasteiger partial charge in [0.2, 0.25) is 10.0 Å². The highest BCUT2D eigenvalue weighted by atomic mass is 32.2. The zero-order valence-electron chi connectivity index (χ0n) is 12.4. The zero-order chi connectivity index (χ0) is 15.7. The molecule has 1 aromatic carbocycles. The number of anilines is 1. The third-order valence-corrected chi connectivity index (χ3v) is 4.47. The van der Waals surface area contributed by atoms with Gasteiger partial charge in [-0.1, -0.05) is 26.8 Å². The van der Waals surface area contributed by atoms with E-state index in [0.29, 0.717) is 22.9 Å². The Balaban J connectivity index is 2.32. The Morgan fingerprint density at radius 3 is 2.52 bits per heavy atom. The Hall–Kier alpha value is -1.82. The van der Waals surface area contributed by atoms with Crippen molar-refractivity contribution in [2.24, 2.45) is 5.41 Å². The van der Waals surface area contributed by atoms with Crippen LogP contribution in [0.25, 0.3) is 10.8 Å². The summed E-state index contributed by atoms with van der Waals surface area (Å²) in [7, 11) is -3.43. The van der Waals surface area contributed by atoms with Crippen molar-refractivity contribution in [3.63, 3.8) is 0 Å². The van der Waals surface area contributed by atoms with Crippen molar-refractivity contribution in [1.82, 2.24) is 4.98 Å². The Labute approximate surface area is 124 Å². The topological polar surface area (TPSA) is 79.0 Å². The summed E-state index contributed by atoms with van der Waals surface area (Å²) in [5.41, 5.74) is 0.153. The zero-order valence-corrected chi connectivity index (χ0v) is 13.3. The maximum Gasteiger partial charge on any atom is 0.255 e. The Morgan fingerprint density at radius 1 is 1.14 bits per heavy atom. The first-order chi connectivity index (χ1) is 9.68. The predicted molar refractivity (Wildman–Crippen MR) is 86.1 cm³/mol. The van der Waals surface area contributed by atoms with E-state index in [0.717, 1.165) is 0 Å². The molecule has 21 heavy (non-hydrogen) atoms. The molecule has 0 aliphatic rings. The molecule has 0 aliphatic heterocycles. The molecule has 2 aromatic rings. The van der Waals surface area contributed by atoms with Gasteiger partial charge in [0, 0.05) is 17.0 Å². The number of sulfonamides is 1. The second-order valence-corrected chi connectivity index (χ2v) is 8.15. The fourth-order valence-corrected chi connectivity index (χ4v) is 3.47. The molecule has 0 atom stereocenters. The van der Waals surface area contributed by atoms with Crippen LogP contribution < -0.4 is 10.3 Å². The number of aromatic amines is 1. The molecule has 0 radical (unpaired) electrons. The molecular formula is C15H20N2O3S. The van der Waals surface area contributed by atoms with Gasteiger partial charge in [0.05, 0.1) is 11.4 Å². The maximum atomic E-state index is 12.2. The van der Waals surface area contributed by atoms with Crippen molar-refractivity contribution in [2.75, 3.05) is 10.5 Å². The Kier molecular flexibility index (Phi) is 4.09. The van der Waals surface area contributed by atoms with Gasteiger partial charge >= 0.3 is 0 Å². The molecule has 0 bridgehead atoms. The van der Waals surface area contributed by atoms with E-state index in [-0.39, 0.29) is 16.7 Å². The molecule has 1 aromatic heterocycles. The van der Waals surface area contributed by atoms with Gasteiger partial charge in [-0.05, 0) is 30.0 Å². The van der Waals surface area contributed by atoms with Crippen LogP contribution in [-0.2, 0) is 10.0 Å². The third-order valence-electron chi connectivity index (χ3n) is 3.20. The fourth-order valence-electron chi connectivity index (χ4n) is 1.97. The summed E-state index contributed by atoms with van der Waals surface area (Å²) in [5.74, 6) is 0.0517. The van der Waals surface area contributed by atoms with Crippen LogP contribution in [-0.4, -0.2) is 19.2 Å². The van der Waals surface area contributed by atoms with Crippen molar-refractivity contribution >= 4 is 26.5 Å². The van der Waals surface area contributed by atoms with Gasteiger partial charge in [0.1, 0.15) is 0 Å². The molecule has 1 heterocycles. The first kappa shape index (κ1) is 15.6. The summed E-state index contributed by atoms with van der Waals surface area (Å²) in [6.45, 7) is 6.00. The normalized spacial score (nSPS) is 12.5. The van der Waals surface area contributed by atoms with Crippen molar-refractivity contribution in [3.05, 3.63) is 40.8 Å². The van der Waals surface area contributed by atoms with Crippen LogP contribution in [0.15, 0.2) is 35.3 Å². The van der Waals surface area contributed by atoms with E-state index in [1.54, 1.807) is 24.3 Å². The van der Waals surface area contributed by atoms with Crippen LogP contribution in [0.1, 0.15) is 27.2 Å². The number of hydrogen-bond acceptors (Lipinski definition) is 3. The van der Waals surface area contributed by atoms with Crippen LogP contribution >= 0.6 is 0 Å². The monoisotopic (exact) mass is 308 g/mol. The summed E-state index contributed by atoms with van der Waals surface area (Å²) in [4.78, 5) is 14.3. The van der Waals surface area contributed by atoms with Crippen molar-refractivity contribution in [3.8, 4) is 0 Å². The molecule has 0 saturated carbocycles. The largest absolute Gasteiger partial charge is 0.329 e. The molecule has 2 N–H and O–H groups in total. The lowest BCUT2D eigenvalue weighted by atomic mass is 9.94. The molecule has 6 heteroatoms. The average Bonchev–Trinajstić information content (AvgIpc) is 2.37. The number of rotatable bonds is 4. The average molecular weight is 308 g/mol. The summed E-state index contributed by atoms with van der Waals surface area (Å²) in [6.07, 6.45) is 2.07. The number of H-pyrrole nitrogens is 1. The summed E-state index contributed by atoms with van der Waals surface area (Å²) >= 11 is 0. The van der Waals surface area contributed by atoms with Gasteiger partial charge in [0.15, 0.2) is 0 Å². The molecule has 2 rings (SSSR count). The minimum atomic E-state index is -3.43. The smallest absolute Gasteiger partial charge is 0.255 e. The summed E-state index contributed by atoms with van der Waals surface area (Å²) < 4.78 is 26.9. The number of benzene rings is 1. The number of hydrogen-bond donors (Lipinski definition) is 2. The lowest BCUT2D eigenvalue weighted by Gasteiger charge is -2.18. The molecule has 0 fully saturated rings. The molecule has 0 aliphatic carbocycles. The highest BCUT2D eigenvalue weighted by molar-refractivity contribution is 7.92. The number of aromatic nitrogens is 1. The van der Waals surface area contributed by atoms with E-state index >= 15 is 0 Å². The standard InChI is InChI=1S/C15H20N2O3S/c1-15(2,3)8-10-21(19,20)17-13-6-4-5-12-11(13)7-9-16-14(12)18/h4-7,9,17H,8,10H2,1-3H3,(H,16,18). The number of pyridine rings is 1. The summed E-state index contributed by atoms with van der Waals surface area (Å²) in [6, 6.07) is 6.69. The van der Waals surface area contributed by atoms with Crippen LogP contribution in [0.4, 0.5) is 5.69 Å². The second kappa shape index (κ2) is 5.52. The van der Waals surface area contributed by atoms with E-state index < -0.39 is 10.0 Å². The second-order valence-electron chi connectivity index (χ2n) is 6.31. The minimum absolute atomic E-state index is 0.0509.